The molecule has 3 aromatic rings. The Morgan fingerprint density at radius 3 is 2.60 bits per heavy atom. The van der Waals surface area contributed by atoms with Crippen molar-refractivity contribution >= 4 is 22.7 Å². The summed E-state index contributed by atoms with van der Waals surface area (Å²) in [5.74, 6) is -0.521. The second-order valence-electron chi connectivity index (χ2n) is 10.1. The molecule has 2 aliphatic heterocycles. The number of benzene rings is 2. The maximum Gasteiger partial charge on any atom is 0.290 e. The summed E-state index contributed by atoms with van der Waals surface area (Å²) in [5, 5.41) is 11.9. The first-order valence-electron chi connectivity index (χ1n) is 13.9. The fraction of sp³-hybridized carbons (Fsp3) is 0.419. The Kier molecular flexibility index (Phi) is 8.72. The number of fused-ring (bicyclic) bond motifs is 1. The van der Waals surface area contributed by atoms with Gasteiger partial charge in [0.15, 0.2) is 23.0 Å². The van der Waals surface area contributed by atoms with E-state index >= 15 is 0 Å². The molecule has 1 N–H and O–H groups in total. The fourth-order valence-electron chi connectivity index (χ4n) is 5.27. The van der Waals surface area contributed by atoms with Crippen molar-refractivity contribution < 1.29 is 33.3 Å². The van der Waals surface area contributed by atoms with Crippen molar-refractivity contribution in [1.29, 1.82) is 0 Å². The van der Waals surface area contributed by atoms with Crippen LogP contribution in [-0.4, -0.2) is 79.7 Å². The Balaban J connectivity index is 1.49. The molecule has 0 radical (unpaired) electrons. The molecule has 0 saturated carbocycles. The van der Waals surface area contributed by atoms with Crippen molar-refractivity contribution in [1.82, 2.24) is 9.80 Å². The van der Waals surface area contributed by atoms with Gasteiger partial charge in [-0.1, -0.05) is 44.0 Å². The molecular weight excluding hydrogens is 512 g/mol. The Labute approximate surface area is 233 Å². The molecule has 5 rings (SSSR count). The van der Waals surface area contributed by atoms with E-state index in [2.05, 4.69) is 11.8 Å². The Bertz CT molecular complexity index is 1360. The molecule has 1 unspecified atom stereocenters. The minimum atomic E-state index is -0.822. The molecule has 1 aromatic heterocycles. The topological polar surface area (TPSA) is 102 Å². The van der Waals surface area contributed by atoms with E-state index < -0.39 is 23.5 Å². The molecule has 2 aromatic carbocycles. The van der Waals surface area contributed by atoms with Gasteiger partial charge in [0.25, 0.3) is 5.91 Å². The summed E-state index contributed by atoms with van der Waals surface area (Å²) in [6.07, 6.45) is 3.09. The van der Waals surface area contributed by atoms with E-state index in [1.54, 1.807) is 36.3 Å². The number of amides is 1. The largest absolute Gasteiger partial charge is 0.503 e. The number of nitrogens with zero attached hydrogens (tertiary/aromatic N) is 2. The summed E-state index contributed by atoms with van der Waals surface area (Å²) >= 11 is 0. The quantitative estimate of drug-likeness (QED) is 0.251. The number of ether oxygens (including phenoxy) is 3. The molecule has 1 amide bonds. The summed E-state index contributed by atoms with van der Waals surface area (Å²) in [5.41, 5.74) is 1.18. The van der Waals surface area contributed by atoms with Crippen molar-refractivity contribution in [2.45, 2.75) is 32.2 Å². The van der Waals surface area contributed by atoms with E-state index in [0.717, 1.165) is 37.7 Å². The zero-order chi connectivity index (χ0) is 28.1. The van der Waals surface area contributed by atoms with E-state index in [9.17, 15) is 14.7 Å². The number of unbranched alkanes of at least 4 members (excludes halogenated alkanes) is 2. The molecular formula is C31H36N2O7. The highest BCUT2D eigenvalue weighted by Gasteiger charge is 2.44. The monoisotopic (exact) mass is 548 g/mol. The van der Waals surface area contributed by atoms with Gasteiger partial charge < -0.3 is 28.6 Å². The lowest BCUT2D eigenvalue weighted by atomic mass is 9.94. The molecule has 1 fully saturated rings. The van der Waals surface area contributed by atoms with Crippen LogP contribution in [0.2, 0.25) is 0 Å². The number of carbonyl (C=O) groups is 2. The third-order valence-electron chi connectivity index (χ3n) is 7.47. The van der Waals surface area contributed by atoms with Crippen LogP contribution in [-0.2, 0) is 9.53 Å². The number of para-hydroxylation sites is 1. The number of Topliss-reactive ketones (excluding diaryl/α,β-unsaturated/α-hetero) is 1. The maximum absolute atomic E-state index is 13.9. The Hall–Kier alpha value is -3.82. The first-order chi connectivity index (χ1) is 19.5. The molecule has 0 aliphatic carbocycles. The van der Waals surface area contributed by atoms with E-state index in [4.69, 9.17) is 18.6 Å². The summed E-state index contributed by atoms with van der Waals surface area (Å²) in [6.45, 7) is 6.39. The zero-order valence-electron chi connectivity index (χ0n) is 23.1. The Morgan fingerprint density at radius 2 is 1.85 bits per heavy atom. The number of hydrogen-bond donors (Lipinski definition) is 1. The molecule has 1 atom stereocenters. The number of morpholine rings is 1. The standard InChI is InChI=1S/C31H36N2O7/c1-3-4-7-16-39-24-11-10-22(20-25(24)37-2)28-27(29(34)26-19-21-8-5-6-9-23(21)40-26)30(35)31(36)33(28)13-12-32-14-17-38-18-15-32/h5-6,8-11,19-20,28,35H,3-4,7,12-18H2,1-2H3. The van der Waals surface area contributed by atoms with Crippen molar-refractivity contribution in [2.24, 2.45) is 0 Å². The van der Waals surface area contributed by atoms with Gasteiger partial charge in [0.1, 0.15) is 5.58 Å². The highest BCUT2D eigenvalue weighted by atomic mass is 16.5. The van der Waals surface area contributed by atoms with Gasteiger partial charge in [-0.3, -0.25) is 14.5 Å². The van der Waals surface area contributed by atoms with Gasteiger partial charge in [-0.05, 0) is 36.2 Å². The summed E-state index contributed by atoms with van der Waals surface area (Å²) in [4.78, 5) is 31.1. The smallest absolute Gasteiger partial charge is 0.290 e. The lowest BCUT2D eigenvalue weighted by molar-refractivity contribution is -0.129. The molecule has 0 bridgehead atoms. The van der Waals surface area contributed by atoms with Gasteiger partial charge in [-0.25, -0.2) is 0 Å². The van der Waals surface area contributed by atoms with Crippen LogP contribution in [0.4, 0.5) is 0 Å². The third-order valence-corrected chi connectivity index (χ3v) is 7.47. The zero-order valence-corrected chi connectivity index (χ0v) is 23.1. The van der Waals surface area contributed by atoms with Gasteiger partial charge in [0.2, 0.25) is 5.78 Å². The molecule has 40 heavy (non-hydrogen) atoms. The molecule has 2 aliphatic rings. The predicted molar refractivity (Wildman–Crippen MR) is 150 cm³/mol. The van der Waals surface area contributed by atoms with E-state index in [1.165, 1.54) is 0 Å². The van der Waals surface area contributed by atoms with Gasteiger partial charge in [0.05, 0.1) is 38.5 Å². The third kappa shape index (κ3) is 5.71. The van der Waals surface area contributed by atoms with Crippen molar-refractivity contribution in [2.75, 3.05) is 53.1 Å². The van der Waals surface area contributed by atoms with Gasteiger partial charge in [-0.2, -0.15) is 0 Å². The highest BCUT2D eigenvalue weighted by Crippen LogP contribution is 2.42. The SMILES string of the molecule is CCCCCOc1ccc(C2C(C(=O)c3cc4ccccc4o3)=C(O)C(=O)N2CCN2CCOCC2)cc1OC. The normalized spacial score (nSPS) is 18.1. The van der Waals surface area contributed by atoms with Crippen molar-refractivity contribution in [3.8, 4) is 11.5 Å². The fourth-order valence-corrected chi connectivity index (χ4v) is 5.27. The lowest BCUT2D eigenvalue weighted by Crippen LogP contribution is -2.43. The second-order valence-corrected chi connectivity index (χ2v) is 10.1. The molecule has 212 valence electrons. The van der Waals surface area contributed by atoms with Crippen LogP contribution in [0.5, 0.6) is 11.5 Å². The summed E-state index contributed by atoms with van der Waals surface area (Å²) < 4.78 is 22.9. The van der Waals surface area contributed by atoms with E-state index in [1.807, 2.05) is 24.3 Å². The average Bonchev–Trinajstić information content (AvgIpc) is 3.53. The number of carbonyl (C=O) groups excluding carboxylic acids is 2. The van der Waals surface area contributed by atoms with E-state index in [-0.39, 0.29) is 11.3 Å². The maximum atomic E-state index is 13.9. The molecule has 9 heteroatoms. The van der Waals surface area contributed by atoms with Gasteiger partial charge in [-0.15, -0.1) is 0 Å². The number of rotatable bonds is 12. The molecule has 1 saturated heterocycles. The van der Waals surface area contributed by atoms with Gasteiger partial charge in [0, 0.05) is 31.6 Å². The Morgan fingerprint density at radius 1 is 1.05 bits per heavy atom. The molecule has 3 heterocycles. The minimum absolute atomic E-state index is 0.00954. The van der Waals surface area contributed by atoms with Crippen LogP contribution in [0, 0.1) is 0 Å². The molecule has 0 spiro atoms. The number of aliphatic hydroxyl groups is 1. The van der Waals surface area contributed by atoms with Crippen LogP contribution in [0.15, 0.2) is 64.3 Å². The van der Waals surface area contributed by atoms with Crippen molar-refractivity contribution in [3.63, 3.8) is 0 Å². The second kappa shape index (κ2) is 12.6. The van der Waals surface area contributed by atoms with Gasteiger partial charge >= 0.3 is 0 Å². The summed E-state index contributed by atoms with van der Waals surface area (Å²) in [7, 11) is 1.56. The van der Waals surface area contributed by atoms with Crippen LogP contribution >= 0.6 is 0 Å². The minimum Gasteiger partial charge on any atom is -0.503 e. The number of methoxy groups -OCH3 is 1. The van der Waals surface area contributed by atoms with E-state index in [0.29, 0.717) is 55.6 Å². The predicted octanol–water partition coefficient (Wildman–Crippen LogP) is 4.92. The average molecular weight is 549 g/mol. The number of hydrogen-bond acceptors (Lipinski definition) is 8. The van der Waals surface area contributed by atoms with Crippen molar-refractivity contribution in [3.05, 3.63) is 71.2 Å². The number of aliphatic hydroxyl groups excluding tert-OH is 1. The van der Waals surface area contributed by atoms with Crippen LogP contribution in [0.25, 0.3) is 11.0 Å². The lowest BCUT2D eigenvalue weighted by Gasteiger charge is -2.31. The first kappa shape index (κ1) is 27.7. The first-order valence-corrected chi connectivity index (χ1v) is 13.9. The molecule has 9 nitrogen and oxygen atoms in total. The van der Waals surface area contributed by atoms with Crippen LogP contribution < -0.4 is 9.47 Å². The summed E-state index contributed by atoms with van der Waals surface area (Å²) in [6, 6.07) is 13.5. The van der Waals surface area contributed by atoms with Crippen LogP contribution in [0.1, 0.15) is 48.3 Å². The number of ketones is 1. The number of furan rings is 1. The van der Waals surface area contributed by atoms with Crippen LogP contribution in [0.3, 0.4) is 0 Å². The highest BCUT2D eigenvalue weighted by molar-refractivity contribution is 6.16.